The fourth-order valence-electron chi connectivity index (χ4n) is 2.47. The molecule has 2 atom stereocenters. The average molecular weight is 226 g/mol. The number of ether oxygens (including phenoxy) is 1. The van der Waals surface area contributed by atoms with Crippen LogP contribution in [-0.4, -0.2) is 31.3 Å². The van der Waals surface area contributed by atoms with Crippen molar-refractivity contribution < 1.29 is 9.53 Å². The Morgan fingerprint density at radius 1 is 1.31 bits per heavy atom. The first-order chi connectivity index (χ1) is 7.54. The van der Waals surface area contributed by atoms with Crippen LogP contribution in [0.1, 0.15) is 39.5 Å². The highest BCUT2D eigenvalue weighted by atomic mass is 16.5. The summed E-state index contributed by atoms with van der Waals surface area (Å²) < 4.78 is 5.35. The number of urea groups is 1. The van der Waals surface area contributed by atoms with Crippen LogP contribution in [0.2, 0.25) is 0 Å². The van der Waals surface area contributed by atoms with E-state index in [0.29, 0.717) is 6.04 Å². The summed E-state index contributed by atoms with van der Waals surface area (Å²) in [5, 5.41) is 6.04. The van der Waals surface area contributed by atoms with Crippen LogP contribution in [0, 0.1) is 5.41 Å². The summed E-state index contributed by atoms with van der Waals surface area (Å²) in [6.45, 7) is 4.28. The zero-order valence-electron chi connectivity index (χ0n) is 10.4. The molecule has 2 unspecified atom stereocenters. The lowest BCUT2D eigenvalue weighted by atomic mass is 9.64. The van der Waals surface area contributed by atoms with Crippen LogP contribution >= 0.6 is 0 Å². The first kappa shape index (κ1) is 11.7. The predicted octanol–water partition coefficient (Wildman–Crippen LogP) is 1.65. The second-order valence-electron chi connectivity index (χ2n) is 5.58. The Labute approximate surface area is 97.1 Å². The molecule has 0 radical (unpaired) electrons. The smallest absolute Gasteiger partial charge is 0.315 e. The molecule has 0 aliphatic heterocycles. The topological polar surface area (TPSA) is 50.4 Å². The molecule has 2 fully saturated rings. The van der Waals surface area contributed by atoms with Crippen LogP contribution in [-0.2, 0) is 4.74 Å². The summed E-state index contributed by atoms with van der Waals surface area (Å²) in [5.41, 5.74) is 0.0473. The van der Waals surface area contributed by atoms with E-state index in [1.807, 2.05) is 0 Å². The predicted molar refractivity (Wildman–Crippen MR) is 62.3 cm³/mol. The number of amides is 2. The van der Waals surface area contributed by atoms with E-state index in [1.165, 1.54) is 6.42 Å². The van der Waals surface area contributed by atoms with Gasteiger partial charge >= 0.3 is 6.03 Å². The van der Waals surface area contributed by atoms with E-state index < -0.39 is 0 Å². The first-order valence-electron chi connectivity index (χ1n) is 6.14. The normalized spacial score (nSPS) is 32.4. The van der Waals surface area contributed by atoms with Gasteiger partial charge in [0.25, 0.3) is 0 Å². The van der Waals surface area contributed by atoms with Crippen molar-refractivity contribution in [2.24, 2.45) is 5.41 Å². The largest absolute Gasteiger partial charge is 0.381 e. The molecule has 0 spiro atoms. The maximum absolute atomic E-state index is 11.7. The van der Waals surface area contributed by atoms with E-state index in [4.69, 9.17) is 4.74 Å². The second kappa shape index (κ2) is 4.24. The zero-order valence-corrected chi connectivity index (χ0v) is 10.4. The van der Waals surface area contributed by atoms with Gasteiger partial charge in [0.15, 0.2) is 0 Å². The number of hydrogen-bond donors (Lipinski definition) is 2. The molecule has 0 heterocycles. The number of rotatable bonds is 3. The van der Waals surface area contributed by atoms with Crippen LogP contribution in [0.15, 0.2) is 0 Å². The van der Waals surface area contributed by atoms with Gasteiger partial charge in [0.05, 0.1) is 6.10 Å². The molecule has 4 nitrogen and oxygen atoms in total. The zero-order chi connectivity index (χ0) is 11.8. The summed E-state index contributed by atoms with van der Waals surface area (Å²) in [6, 6.07) is 0.622. The summed E-state index contributed by atoms with van der Waals surface area (Å²) in [6.07, 6.45) is 4.68. The monoisotopic (exact) mass is 226 g/mol. The molecular formula is C12H22N2O2. The molecule has 0 aromatic heterocycles. The highest BCUT2D eigenvalue weighted by Crippen LogP contribution is 2.42. The third kappa shape index (κ3) is 2.03. The molecule has 0 aromatic rings. The van der Waals surface area contributed by atoms with Gasteiger partial charge in [-0.1, -0.05) is 13.8 Å². The van der Waals surface area contributed by atoms with E-state index in [1.54, 1.807) is 7.11 Å². The van der Waals surface area contributed by atoms with Crippen LogP contribution in [0.3, 0.4) is 0 Å². The number of carbonyl (C=O) groups is 1. The van der Waals surface area contributed by atoms with Gasteiger partial charge in [0, 0.05) is 24.6 Å². The summed E-state index contributed by atoms with van der Waals surface area (Å²) in [7, 11) is 1.73. The molecule has 2 N–H and O–H groups in total. The SMILES string of the molecule is COC1CC(NC(=O)NC2CCC2)C1(C)C. The van der Waals surface area contributed by atoms with Crippen molar-refractivity contribution in [3.63, 3.8) is 0 Å². The van der Waals surface area contributed by atoms with Crippen molar-refractivity contribution in [2.45, 2.75) is 57.7 Å². The fourth-order valence-corrected chi connectivity index (χ4v) is 2.47. The molecule has 92 valence electrons. The van der Waals surface area contributed by atoms with E-state index >= 15 is 0 Å². The molecule has 0 bridgehead atoms. The van der Waals surface area contributed by atoms with Crippen LogP contribution in [0.25, 0.3) is 0 Å². The third-order valence-corrected chi connectivity index (χ3v) is 4.21. The molecule has 2 amide bonds. The van der Waals surface area contributed by atoms with E-state index in [0.717, 1.165) is 19.3 Å². The first-order valence-corrected chi connectivity index (χ1v) is 6.14. The van der Waals surface area contributed by atoms with Gasteiger partial charge in [-0.2, -0.15) is 0 Å². The Balaban J connectivity index is 1.75. The maximum Gasteiger partial charge on any atom is 0.315 e. The van der Waals surface area contributed by atoms with Gasteiger partial charge in [-0.05, 0) is 25.7 Å². The minimum absolute atomic E-state index is 0.0164. The molecule has 0 saturated heterocycles. The Kier molecular flexibility index (Phi) is 3.10. The second-order valence-corrected chi connectivity index (χ2v) is 5.58. The highest BCUT2D eigenvalue weighted by molar-refractivity contribution is 5.75. The van der Waals surface area contributed by atoms with Crippen molar-refractivity contribution in [2.75, 3.05) is 7.11 Å². The quantitative estimate of drug-likeness (QED) is 0.769. The van der Waals surface area contributed by atoms with Crippen molar-refractivity contribution in [3.05, 3.63) is 0 Å². The molecule has 2 saturated carbocycles. The molecule has 0 aromatic carbocycles. The molecule has 2 aliphatic carbocycles. The lowest BCUT2D eigenvalue weighted by Gasteiger charge is -2.51. The van der Waals surface area contributed by atoms with E-state index in [9.17, 15) is 4.79 Å². The van der Waals surface area contributed by atoms with Gasteiger partial charge in [-0.3, -0.25) is 0 Å². The lowest BCUT2D eigenvalue weighted by molar-refractivity contribution is -0.0936. The summed E-state index contributed by atoms with van der Waals surface area (Å²) in [5.74, 6) is 0. The van der Waals surface area contributed by atoms with Gasteiger partial charge in [0.1, 0.15) is 0 Å². The fraction of sp³-hybridized carbons (Fsp3) is 0.917. The standard InChI is InChI=1S/C12H22N2O2/c1-12(2)9(7-10(12)16-3)14-11(15)13-8-5-4-6-8/h8-10H,4-7H2,1-3H3,(H2,13,14,15). The summed E-state index contributed by atoms with van der Waals surface area (Å²) in [4.78, 5) is 11.7. The third-order valence-electron chi connectivity index (χ3n) is 4.21. The molecule has 2 aliphatic rings. The van der Waals surface area contributed by atoms with Crippen LogP contribution in [0.5, 0.6) is 0 Å². The minimum atomic E-state index is -0.0164. The summed E-state index contributed by atoms with van der Waals surface area (Å²) >= 11 is 0. The van der Waals surface area contributed by atoms with Gasteiger partial charge in [-0.15, -0.1) is 0 Å². The van der Waals surface area contributed by atoms with Crippen LogP contribution in [0.4, 0.5) is 4.79 Å². The molecule has 16 heavy (non-hydrogen) atoms. The number of carbonyl (C=O) groups excluding carboxylic acids is 1. The number of nitrogens with one attached hydrogen (secondary N) is 2. The number of hydrogen-bond acceptors (Lipinski definition) is 2. The Bertz CT molecular complexity index is 274. The Morgan fingerprint density at radius 3 is 2.44 bits per heavy atom. The molecule has 4 heteroatoms. The van der Waals surface area contributed by atoms with Crippen molar-refractivity contribution >= 4 is 6.03 Å². The van der Waals surface area contributed by atoms with Crippen molar-refractivity contribution in [3.8, 4) is 0 Å². The van der Waals surface area contributed by atoms with Gasteiger partial charge in [-0.25, -0.2) is 4.79 Å². The van der Waals surface area contributed by atoms with Crippen molar-refractivity contribution in [1.29, 1.82) is 0 Å². The van der Waals surface area contributed by atoms with Crippen molar-refractivity contribution in [1.82, 2.24) is 10.6 Å². The highest BCUT2D eigenvalue weighted by Gasteiger charge is 2.49. The van der Waals surface area contributed by atoms with Crippen LogP contribution < -0.4 is 10.6 Å². The maximum atomic E-state index is 11.7. The van der Waals surface area contributed by atoms with Gasteiger partial charge in [0.2, 0.25) is 0 Å². The number of methoxy groups -OCH3 is 1. The van der Waals surface area contributed by atoms with E-state index in [2.05, 4.69) is 24.5 Å². The Hall–Kier alpha value is -0.770. The van der Waals surface area contributed by atoms with E-state index in [-0.39, 0.29) is 23.6 Å². The average Bonchev–Trinajstić information content (AvgIpc) is 2.17. The molecule has 2 rings (SSSR count). The minimum Gasteiger partial charge on any atom is -0.381 e. The molecular weight excluding hydrogens is 204 g/mol. The van der Waals surface area contributed by atoms with Gasteiger partial charge < -0.3 is 15.4 Å². The lowest BCUT2D eigenvalue weighted by Crippen LogP contribution is -2.63. The Morgan fingerprint density at radius 2 is 2.00 bits per heavy atom.